The van der Waals surface area contributed by atoms with E-state index < -0.39 is 0 Å². The summed E-state index contributed by atoms with van der Waals surface area (Å²) in [6.07, 6.45) is 5.48. The van der Waals surface area contributed by atoms with Crippen molar-refractivity contribution in [2.45, 2.75) is 0 Å². The van der Waals surface area contributed by atoms with Gasteiger partial charge in [0.25, 0.3) is 0 Å². The lowest BCUT2D eigenvalue weighted by Gasteiger charge is -1.93. The summed E-state index contributed by atoms with van der Waals surface area (Å²) in [6.45, 7) is 0. The maximum atomic E-state index is 12.5. The monoisotopic (exact) mass is 198 g/mol. The second-order valence-corrected chi connectivity index (χ2v) is 2.50. The van der Waals surface area contributed by atoms with Crippen molar-refractivity contribution >= 4 is 0 Å². The Balaban J connectivity index is 0.000000845. The molecule has 1 heterocycles. The molecule has 4 heteroatoms. The van der Waals surface area contributed by atoms with Crippen molar-refractivity contribution in [3.8, 4) is 5.69 Å². The smallest absolute Gasteiger partial charge is 0.246 e. The number of nitrogens with zero attached hydrogens (tertiary/aromatic N) is 1. The van der Waals surface area contributed by atoms with Crippen LogP contribution in [0, 0.1) is 5.82 Å². The zero-order valence-electron chi connectivity index (χ0n) is 6.74. The van der Waals surface area contributed by atoms with Crippen LogP contribution in [0.2, 0.25) is 0 Å². The van der Waals surface area contributed by atoms with Crippen molar-refractivity contribution in [1.29, 1.82) is 0 Å². The summed E-state index contributed by atoms with van der Waals surface area (Å²) in [7, 11) is 0. The van der Waals surface area contributed by atoms with Crippen LogP contribution in [-0.2, 0) is 0 Å². The van der Waals surface area contributed by atoms with Gasteiger partial charge in [-0.3, -0.25) is 0 Å². The van der Waals surface area contributed by atoms with Crippen molar-refractivity contribution in [3.05, 3.63) is 48.8 Å². The van der Waals surface area contributed by atoms with Crippen LogP contribution < -0.4 is 17.0 Å². The number of hydrogen-bond donors (Lipinski definition) is 1. The summed E-state index contributed by atoms with van der Waals surface area (Å²) >= 11 is 0. The molecule has 0 aliphatic carbocycles. The second-order valence-electron chi connectivity index (χ2n) is 2.50. The van der Waals surface area contributed by atoms with Crippen molar-refractivity contribution in [2.24, 2.45) is 0 Å². The van der Waals surface area contributed by atoms with Gasteiger partial charge in [0, 0.05) is 0 Å². The van der Waals surface area contributed by atoms with Gasteiger partial charge < -0.3 is 12.4 Å². The number of benzene rings is 1. The largest absolute Gasteiger partial charge is 1.00 e. The molecule has 2 aromatic rings. The highest BCUT2D eigenvalue weighted by atomic mass is 35.5. The Labute approximate surface area is 81.4 Å². The number of H-pyrrole nitrogens is 1. The molecular formula is C9H8ClFN2. The third-order valence-corrected chi connectivity index (χ3v) is 1.67. The topological polar surface area (TPSA) is 19.7 Å². The minimum absolute atomic E-state index is 0. The Bertz CT molecular complexity index is 356. The highest BCUT2D eigenvalue weighted by Gasteiger charge is 2.00. The maximum absolute atomic E-state index is 12.5. The first kappa shape index (κ1) is 9.74. The third kappa shape index (κ3) is 2.06. The minimum atomic E-state index is -0.213. The van der Waals surface area contributed by atoms with Crippen molar-refractivity contribution in [1.82, 2.24) is 4.98 Å². The molecule has 13 heavy (non-hydrogen) atoms. The van der Waals surface area contributed by atoms with E-state index in [1.165, 1.54) is 12.1 Å². The molecule has 1 aromatic heterocycles. The van der Waals surface area contributed by atoms with Crippen LogP contribution in [0.25, 0.3) is 5.69 Å². The summed E-state index contributed by atoms with van der Waals surface area (Å²) < 4.78 is 14.4. The van der Waals surface area contributed by atoms with E-state index in [-0.39, 0.29) is 18.2 Å². The van der Waals surface area contributed by atoms with Crippen LogP contribution in [-0.4, -0.2) is 4.98 Å². The molecule has 0 saturated carbocycles. The average molecular weight is 199 g/mol. The fourth-order valence-electron chi connectivity index (χ4n) is 1.06. The molecule has 0 saturated heterocycles. The first-order chi connectivity index (χ1) is 5.86. The van der Waals surface area contributed by atoms with Crippen LogP contribution in [0.1, 0.15) is 0 Å². The minimum Gasteiger partial charge on any atom is -1.00 e. The molecule has 0 radical (unpaired) electrons. The quantitative estimate of drug-likeness (QED) is 0.535. The second kappa shape index (κ2) is 4.05. The molecular weight excluding hydrogens is 191 g/mol. The summed E-state index contributed by atoms with van der Waals surface area (Å²) in [4.78, 5) is 2.91. The predicted octanol–water partition coefficient (Wildman–Crippen LogP) is -1.57. The van der Waals surface area contributed by atoms with Crippen LogP contribution in [0.5, 0.6) is 0 Å². The average Bonchev–Trinajstić information content (AvgIpc) is 2.58. The van der Waals surface area contributed by atoms with E-state index in [1.54, 1.807) is 18.5 Å². The normalized spacial score (nSPS) is 9.31. The summed E-state index contributed by atoms with van der Waals surface area (Å²) in [5, 5.41) is 0. The number of nitrogens with one attached hydrogen (secondary N) is 1. The van der Waals surface area contributed by atoms with Gasteiger partial charge in [0.2, 0.25) is 6.33 Å². The fourth-order valence-corrected chi connectivity index (χ4v) is 1.06. The first-order valence-electron chi connectivity index (χ1n) is 3.66. The molecule has 0 unspecified atom stereocenters. The van der Waals surface area contributed by atoms with E-state index in [2.05, 4.69) is 4.98 Å². The van der Waals surface area contributed by atoms with E-state index >= 15 is 0 Å². The molecule has 0 bridgehead atoms. The van der Waals surface area contributed by atoms with Gasteiger partial charge in [-0.2, -0.15) is 0 Å². The summed E-state index contributed by atoms with van der Waals surface area (Å²) in [6, 6.07) is 6.33. The zero-order chi connectivity index (χ0) is 8.39. The molecule has 0 fully saturated rings. The van der Waals surface area contributed by atoms with Gasteiger partial charge in [-0.25, -0.2) is 13.9 Å². The number of rotatable bonds is 1. The van der Waals surface area contributed by atoms with Gasteiger partial charge in [-0.1, -0.05) is 0 Å². The Morgan fingerprint density at radius 2 is 1.85 bits per heavy atom. The van der Waals surface area contributed by atoms with Gasteiger partial charge in [0.05, 0.1) is 0 Å². The molecule has 68 valence electrons. The summed E-state index contributed by atoms with van der Waals surface area (Å²) in [5.41, 5.74) is 0.942. The van der Waals surface area contributed by atoms with Crippen LogP contribution in [0.4, 0.5) is 4.39 Å². The number of halogens is 2. The fraction of sp³-hybridized carbons (Fsp3) is 0. The van der Waals surface area contributed by atoms with Crippen molar-refractivity contribution in [3.63, 3.8) is 0 Å². The molecule has 1 N–H and O–H groups in total. The van der Waals surface area contributed by atoms with E-state index in [4.69, 9.17) is 0 Å². The first-order valence-corrected chi connectivity index (χ1v) is 3.66. The van der Waals surface area contributed by atoms with E-state index in [1.807, 2.05) is 17.0 Å². The number of imidazole rings is 1. The Hall–Kier alpha value is -1.35. The predicted molar refractivity (Wildman–Crippen MR) is 42.3 cm³/mol. The molecule has 0 aliphatic heterocycles. The molecule has 2 rings (SSSR count). The maximum Gasteiger partial charge on any atom is 0.246 e. The van der Waals surface area contributed by atoms with Gasteiger partial charge in [0.15, 0.2) is 0 Å². The number of aromatic amines is 1. The third-order valence-electron chi connectivity index (χ3n) is 1.67. The number of aromatic nitrogens is 2. The molecule has 2 nitrogen and oxygen atoms in total. The van der Waals surface area contributed by atoms with Gasteiger partial charge >= 0.3 is 0 Å². The zero-order valence-corrected chi connectivity index (χ0v) is 7.50. The Morgan fingerprint density at radius 1 is 1.15 bits per heavy atom. The van der Waals surface area contributed by atoms with Crippen molar-refractivity contribution < 1.29 is 21.4 Å². The van der Waals surface area contributed by atoms with E-state index in [9.17, 15) is 4.39 Å². The van der Waals surface area contributed by atoms with Gasteiger partial charge in [0.1, 0.15) is 23.9 Å². The Kier molecular flexibility index (Phi) is 3.03. The highest BCUT2D eigenvalue weighted by molar-refractivity contribution is 5.22. The lowest BCUT2D eigenvalue weighted by molar-refractivity contribution is -0.594. The standard InChI is InChI=1S/C9H7FN2.ClH/c10-8-1-3-9(4-2-8)12-6-5-11-7-12;/h1-7H;1H. The summed E-state index contributed by atoms with van der Waals surface area (Å²) in [5.74, 6) is -0.213. The van der Waals surface area contributed by atoms with Crippen LogP contribution >= 0.6 is 0 Å². The van der Waals surface area contributed by atoms with Gasteiger partial charge in [-0.15, -0.1) is 0 Å². The van der Waals surface area contributed by atoms with E-state index in [0.717, 1.165) is 5.69 Å². The Morgan fingerprint density at radius 3 is 2.38 bits per heavy atom. The molecule has 1 aromatic carbocycles. The van der Waals surface area contributed by atoms with Crippen LogP contribution in [0.15, 0.2) is 43.0 Å². The lowest BCUT2D eigenvalue weighted by Crippen LogP contribution is -3.00. The molecule has 0 atom stereocenters. The number of hydrogen-bond acceptors (Lipinski definition) is 0. The molecule has 0 aliphatic rings. The SMILES string of the molecule is Fc1ccc(-[n+]2cc[nH]c2)cc1.[Cl-]. The van der Waals surface area contributed by atoms with Gasteiger partial charge in [-0.05, 0) is 24.3 Å². The molecule has 0 amide bonds. The van der Waals surface area contributed by atoms with Crippen molar-refractivity contribution in [2.75, 3.05) is 0 Å². The lowest BCUT2D eigenvalue weighted by atomic mass is 10.3. The molecule has 0 spiro atoms. The van der Waals surface area contributed by atoms with E-state index in [0.29, 0.717) is 0 Å². The van der Waals surface area contributed by atoms with Crippen LogP contribution in [0.3, 0.4) is 0 Å². The highest BCUT2D eigenvalue weighted by Crippen LogP contribution is 2.00.